The normalized spacial score (nSPS) is 10.8. The molecule has 0 unspecified atom stereocenters. The molecule has 4 rings (SSSR count). The van der Waals surface area contributed by atoms with Gasteiger partial charge in [-0.15, -0.1) is 0 Å². The SMILES string of the molecule is COc1cccc(Cn2cc(C(=O)c3ccccc3)c(=O)c3ccc(C)nc32)c1. The summed E-state index contributed by atoms with van der Waals surface area (Å²) in [5.41, 5.74) is 2.66. The maximum atomic E-state index is 13.1. The Bertz CT molecular complexity index is 1260. The van der Waals surface area contributed by atoms with E-state index in [1.165, 1.54) is 0 Å². The molecule has 0 radical (unpaired) electrons. The van der Waals surface area contributed by atoms with E-state index in [4.69, 9.17) is 4.74 Å². The second-order valence-electron chi connectivity index (χ2n) is 6.87. The van der Waals surface area contributed by atoms with Gasteiger partial charge < -0.3 is 9.30 Å². The molecule has 0 amide bonds. The fourth-order valence-electron chi connectivity index (χ4n) is 3.35. The van der Waals surface area contributed by atoms with E-state index in [1.54, 1.807) is 49.7 Å². The van der Waals surface area contributed by atoms with Gasteiger partial charge in [-0.3, -0.25) is 9.59 Å². The highest BCUT2D eigenvalue weighted by molar-refractivity contribution is 6.09. The molecule has 0 saturated carbocycles. The Kier molecular flexibility index (Phi) is 4.96. The molecule has 0 spiro atoms. The standard InChI is InChI=1S/C24H20N2O3/c1-16-11-12-20-23(28)21(22(27)18-8-4-3-5-9-18)15-26(24(20)25-16)14-17-7-6-10-19(13-17)29-2/h3-13,15H,14H2,1-2H3. The molecule has 5 heteroatoms. The van der Waals surface area contributed by atoms with Gasteiger partial charge in [0.2, 0.25) is 5.43 Å². The predicted molar refractivity (Wildman–Crippen MR) is 113 cm³/mol. The highest BCUT2D eigenvalue weighted by Crippen LogP contribution is 2.18. The van der Waals surface area contributed by atoms with Gasteiger partial charge >= 0.3 is 0 Å². The molecule has 0 saturated heterocycles. The lowest BCUT2D eigenvalue weighted by Crippen LogP contribution is -2.21. The summed E-state index contributed by atoms with van der Waals surface area (Å²) in [5.74, 6) is 0.454. The van der Waals surface area contributed by atoms with Crippen LogP contribution in [-0.2, 0) is 6.54 Å². The van der Waals surface area contributed by atoms with Crippen molar-refractivity contribution in [3.63, 3.8) is 0 Å². The summed E-state index contributed by atoms with van der Waals surface area (Å²) in [6.07, 6.45) is 1.62. The van der Waals surface area contributed by atoms with Crippen molar-refractivity contribution in [2.75, 3.05) is 7.11 Å². The van der Waals surface area contributed by atoms with Crippen LogP contribution in [0, 0.1) is 6.92 Å². The summed E-state index contributed by atoms with van der Waals surface area (Å²) in [6, 6.07) is 20.1. The number of hydrogen-bond acceptors (Lipinski definition) is 4. The number of pyridine rings is 2. The zero-order chi connectivity index (χ0) is 20.4. The van der Waals surface area contributed by atoms with E-state index in [1.807, 2.05) is 41.8 Å². The lowest BCUT2D eigenvalue weighted by molar-refractivity contribution is 0.103. The molecule has 0 aliphatic heterocycles. The summed E-state index contributed by atoms with van der Waals surface area (Å²) in [7, 11) is 1.62. The van der Waals surface area contributed by atoms with Gasteiger partial charge in [0.25, 0.3) is 0 Å². The summed E-state index contributed by atoms with van der Waals surface area (Å²) >= 11 is 0. The fourth-order valence-corrected chi connectivity index (χ4v) is 3.35. The van der Waals surface area contributed by atoms with Gasteiger partial charge in [-0.2, -0.15) is 0 Å². The molecule has 144 valence electrons. The third kappa shape index (κ3) is 3.67. The van der Waals surface area contributed by atoms with Gasteiger partial charge in [0.15, 0.2) is 5.78 Å². The number of rotatable bonds is 5. The van der Waals surface area contributed by atoms with Crippen LogP contribution in [0.15, 0.2) is 77.7 Å². The van der Waals surface area contributed by atoms with Gasteiger partial charge in [-0.05, 0) is 36.8 Å². The minimum Gasteiger partial charge on any atom is -0.497 e. The van der Waals surface area contributed by atoms with Crippen molar-refractivity contribution < 1.29 is 9.53 Å². The van der Waals surface area contributed by atoms with E-state index in [-0.39, 0.29) is 16.8 Å². The topological polar surface area (TPSA) is 61.2 Å². The Balaban J connectivity index is 1.90. The summed E-state index contributed by atoms with van der Waals surface area (Å²) in [6.45, 7) is 2.34. The number of carbonyl (C=O) groups excluding carboxylic acids is 1. The van der Waals surface area contributed by atoms with Crippen LogP contribution in [-0.4, -0.2) is 22.4 Å². The number of ketones is 1. The summed E-state index contributed by atoms with van der Waals surface area (Å²) in [4.78, 5) is 30.7. The number of hydrogen-bond donors (Lipinski definition) is 0. The minimum absolute atomic E-state index is 0.136. The predicted octanol–water partition coefficient (Wildman–Crippen LogP) is 3.99. The van der Waals surface area contributed by atoms with E-state index in [0.29, 0.717) is 23.1 Å². The number of carbonyl (C=O) groups is 1. The first-order valence-corrected chi connectivity index (χ1v) is 9.30. The first-order chi connectivity index (χ1) is 14.1. The minimum atomic E-state index is -0.303. The van der Waals surface area contributed by atoms with E-state index in [2.05, 4.69) is 4.98 Å². The Morgan fingerprint density at radius 1 is 1.03 bits per heavy atom. The van der Waals surface area contributed by atoms with Gasteiger partial charge in [-0.1, -0.05) is 42.5 Å². The first-order valence-electron chi connectivity index (χ1n) is 9.30. The number of ether oxygens (including phenoxy) is 1. The molecule has 0 atom stereocenters. The Morgan fingerprint density at radius 3 is 2.59 bits per heavy atom. The molecule has 0 fully saturated rings. The lowest BCUT2D eigenvalue weighted by Gasteiger charge is -2.14. The lowest BCUT2D eigenvalue weighted by atomic mass is 10.0. The third-order valence-corrected chi connectivity index (χ3v) is 4.83. The third-order valence-electron chi connectivity index (χ3n) is 4.83. The second kappa shape index (κ2) is 7.72. The van der Waals surface area contributed by atoms with Crippen LogP contribution in [0.4, 0.5) is 0 Å². The van der Waals surface area contributed by atoms with Crippen molar-refractivity contribution in [2.45, 2.75) is 13.5 Å². The van der Waals surface area contributed by atoms with Crippen molar-refractivity contribution in [1.29, 1.82) is 0 Å². The van der Waals surface area contributed by atoms with Crippen molar-refractivity contribution in [3.05, 3.63) is 106 Å². The molecule has 0 aliphatic rings. The van der Waals surface area contributed by atoms with Crippen molar-refractivity contribution >= 4 is 16.8 Å². The molecule has 29 heavy (non-hydrogen) atoms. The Hall–Kier alpha value is -3.73. The zero-order valence-electron chi connectivity index (χ0n) is 16.3. The fraction of sp³-hybridized carbons (Fsp3) is 0.125. The molecule has 5 nitrogen and oxygen atoms in total. The monoisotopic (exact) mass is 384 g/mol. The molecular weight excluding hydrogens is 364 g/mol. The molecule has 0 N–H and O–H groups in total. The molecule has 2 aromatic heterocycles. The van der Waals surface area contributed by atoms with Gasteiger partial charge in [0.1, 0.15) is 11.4 Å². The van der Waals surface area contributed by atoms with Crippen LogP contribution < -0.4 is 10.2 Å². The first kappa shape index (κ1) is 18.6. The molecule has 2 heterocycles. The summed E-state index contributed by atoms with van der Waals surface area (Å²) in [5, 5.41) is 0.431. The average molecular weight is 384 g/mol. The van der Waals surface area contributed by atoms with E-state index in [0.717, 1.165) is 17.0 Å². The molecule has 0 aliphatic carbocycles. The molecule has 2 aromatic carbocycles. The van der Waals surface area contributed by atoms with E-state index >= 15 is 0 Å². The maximum absolute atomic E-state index is 13.1. The molecular formula is C24H20N2O3. The van der Waals surface area contributed by atoms with Crippen LogP contribution in [0.1, 0.15) is 27.2 Å². The highest BCUT2D eigenvalue weighted by Gasteiger charge is 2.18. The van der Waals surface area contributed by atoms with E-state index < -0.39 is 0 Å². The average Bonchev–Trinajstić information content (AvgIpc) is 2.76. The zero-order valence-corrected chi connectivity index (χ0v) is 16.3. The van der Waals surface area contributed by atoms with Crippen molar-refractivity contribution in [3.8, 4) is 5.75 Å². The summed E-state index contributed by atoms with van der Waals surface area (Å²) < 4.78 is 7.16. The Morgan fingerprint density at radius 2 is 1.83 bits per heavy atom. The quantitative estimate of drug-likeness (QED) is 0.488. The van der Waals surface area contributed by atoms with Crippen LogP contribution in [0.5, 0.6) is 5.75 Å². The smallest absolute Gasteiger partial charge is 0.202 e. The van der Waals surface area contributed by atoms with Crippen LogP contribution in [0.3, 0.4) is 0 Å². The van der Waals surface area contributed by atoms with Gasteiger partial charge in [-0.25, -0.2) is 4.98 Å². The van der Waals surface area contributed by atoms with Crippen LogP contribution >= 0.6 is 0 Å². The number of aromatic nitrogens is 2. The molecule has 4 aromatic rings. The number of aryl methyl sites for hydroxylation is 1. The molecule has 0 bridgehead atoms. The maximum Gasteiger partial charge on any atom is 0.202 e. The van der Waals surface area contributed by atoms with Gasteiger partial charge in [0, 0.05) is 24.0 Å². The van der Waals surface area contributed by atoms with Crippen LogP contribution in [0.2, 0.25) is 0 Å². The van der Waals surface area contributed by atoms with Gasteiger partial charge in [0.05, 0.1) is 18.1 Å². The number of fused-ring (bicyclic) bond motifs is 1. The largest absolute Gasteiger partial charge is 0.497 e. The highest BCUT2D eigenvalue weighted by atomic mass is 16.5. The second-order valence-corrected chi connectivity index (χ2v) is 6.87. The number of nitrogens with zero attached hydrogens (tertiary/aromatic N) is 2. The number of benzene rings is 2. The van der Waals surface area contributed by atoms with Crippen molar-refractivity contribution in [2.24, 2.45) is 0 Å². The van der Waals surface area contributed by atoms with E-state index in [9.17, 15) is 9.59 Å². The number of methoxy groups -OCH3 is 1. The van der Waals surface area contributed by atoms with Crippen LogP contribution in [0.25, 0.3) is 11.0 Å². The van der Waals surface area contributed by atoms with Crippen molar-refractivity contribution in [1.82, 2.24) is 9.55 Å². The Labute approximate surface area is 168 Å².